The minimum atomic E-state index is -3.38. The molecule has 4 rings (SSSR count). The second-order valence-corrected chi connectivity index (χ2v) is 11.9. The lowest BCUT2D eigenvalue weighted by Crippen LogP contribution is -2.52. The van der Waals surface area contributed by atoms with Crippen LogP contribution in [0.5, 0.6) is 0 Å². The third kappa shape index (κ3) is 6.72. The van der Waals surface area contributed by atoms with E-state index in [2.05, 4.69) is 10.6 Å². The van der Waals surface area contributed by atoms with E-state index in [1.54, 1.807) is 0 Å². The molecule has 2 N–H and O–H groups in total. The summed E-state index contributed by atoms with van der Waals surface area (Å²) in [5.41, 5.74) is 0.779. The third-order valence-electron chi connectivity index (χ3n) is 7.47. The van der Waals surface area contributed by atoms with Crippen LogP contribution in [0, 0.1) is 5.92 Å². The van der Waals surface area contributed by atoms with Gasteiger partial charge in [0.1, 0.15) is 0 Å². The molecule has 34 heavy (non-hydrogen) atoms. The standard InChI is InChI=1S/C25H38N4O4S/c30-24(21-11-17-29(18-12-21)34(32,33)19-20-7-3-1-4-8-20)26-23-13-15-28(16-14-23)25(31)27-22-9-5-2-6-10-22/h1,3-4,7-8,21-23H,2,5-6,9-19H2,(H,26,30)(H,27,31). The molecule has 3 fully saturated rings. The van der Waals surface area contributed by atoms with Crippen molar-refractivity contribution in [2.75, 3.05) is 26.2 Å². The van der Waals surface area contributed by atoms with Crippen molar-refractivity contribution in [2.24, 2.45) is 5.92 Å². The number of benzene rings is 1. The molecule has 3 amide bonds. The van der Waals surface area contributed by atoms with Gasteiger partial charge in [-0.3, -0.25) is 4.79 Å². The summed E-state index contributed by atoms with van der Waals surface area (Å²) in [5, 5.41) is 6.33. The van der Waals surface area contributed by atoms with Crippen LogP contribution in [0.3, 0.4) is 0 Å². The summed E-state index contributed by atoms with van der Waals surface area (Å²) in [6.45, 7) is 2.07. The van der Waals surface area contributed by atoms with Crippen LogP contribution in [0.2, 0.25) is 0 Å². The van der Waals surface area contributed by atoms with Gasteiger partial charge in [-0.1, -0.05) is 49.6 Å². The van der Waals surface area contributed by atoms with Crippen LogP contribution in [0.4, 0.5) is 4.79 Å². The predicted molar refractivity (Wildman–Crippen MR) is 132 cm³/mol. The Morgan fingerprint density at radius 2 is 1.41 bits per heavy atom. The molecule has 2 saturated heterocycles. The second kappa shape index (κ2) is 11.5. The molecule has 1 aromatic rings. The number of hydrogen-bond acceptors (Lipinski definition) is 4. The van der Waals surface area contributed by atoms with Crippen molar-refractivity contribution >= 4 is 22.0 Å². The molecule has 0 bridgehead atoms. The van der Waals surface area contributed by atoms with Crippen molar-refractivity contribution in [3.63, 3.8) is 0 Å². The molecular formula is C25H38N4O4S. The summed E-state index contributed by atoms with van der Waals surface area (Å²) < 4.78 is 27.0. The van der Waals surface area contributed by atoms with Gasteiger partial charge in [0.25, 0.3) is 0 Å². The topological polar surface area (TPSA) is 98.8 Å². The Labute approximate surface area is 203 Å². The van der Waals surface area contributed by atoms with E-state index < -0.39 is 10.0 Å². The smallest absolute Gasteiger partial charge is 0.317 e. The number of urea groups is 1. The first-order valence-electron chi connectivity index (χ1n) is 12.8. The van der Waals surface area contributed by atoms with E-state index in [0.29, 0.717) is 45.1 Å². The Kier molecular flexibility index (Phi) is 8.47. The number of piperidine rings is 2. The predicted octanol–water partition coefficient (Wildman–Crippen LogP) is 2.85. The summed E-state index contributed by atoms with van der Waals surface area (Å²) >= 11 is 0. The SMILES string of the molecule is O=C(NC1CCN(C(=O)NC2CCCCC2)CC1)C1CCN(S(=O)(=O)Cc2ccccc2)CC1. The number of hydrogen-bond donors (Lipinski definition) is 2. The molecular weight excluding hydrogens is 452 g/mol. The van der Waals surface area contributed by atoms with Crippen LogP contribution in [0.1, 0.15) is 63.4 Å². The maximum atomic E-state index is 12.8. The van der Waals surface area contributed by atoms with Gasteiger partial charge < -0.3 is 15.5 Å². The Balaban J connectivity index is 1.17. The monoisotopic (exact) mass is 490 g/mol. The molecule has 1 aromatic carbocycles. The molecule has 0 unspecified atom stereocenters. The molecule has 0 atom stereocenters. The zero-order valence-corrected chi connectivity index (χ0v) is 20.8. The van der Waals surface area contributed by atoms with Gasteiger partial charge in [-0.25, -0.2) is 17.5 Å². The number of carbonyl (C=O) groups is 2. The normalized spacial score (nSPS) is 21.8. The zero-order chi connectivity index (χ0) is 24.0. The summed E-state index contributed by atoms with van der Waals surface area (Å²) in [6.07, 6.45) is 8.40. The van der Waals surface area contributed by atoms with Crippen LogP contribution in [-0.4, -0.2) is 67.8 Å². The summed E-state index contributed by atoms with van der Waals surface area (Å²) in [7, 11) is -3.38. The Bertz CT molecular complexity index is 917. The minimum Gasteiger partial charge on any atom is -0.353 e. The van der Waals surface area contributed by atoms with Gasteiger partial charge in [-0.2, -0.15) is 0 Å². The fourth-order valence-electron chi connectivity index (χ4n) is 5.33. The van der Waals surface area contributed by atoms with Gasteiger partial charge >= 0.3 is 6.03 Å². The maximum absolute atomic E-state index is 12.8. The molecule has 0 radical (unpaired) electrons. The molecule has 9 heteroatoms. The summed E-state index contributed by atoms with van der Waals surface area (Å²) in [5.74, 6) is -0.140. The van der Waals surface area contributed by atoms with E-state index in [4.69, 9.17) is 0 Å². The highest BCUT2D eigenvalue weighted by Gasteiger charge is 2.33. The first-order chi connectivity index (χ1) is 16.4. The lowest BCUT2D eigenvalue weighted by Gasteiger charge is -2.35. The number of amides is 3. The number of nitrogens with one attached hydrogen (secondary N) is 2. The second-order valence-electron chi connectivity index (χ2n) is 9.97. The Morgan fingerprint density at radius 1 is 0.794 bits per heavy atom. The van der Waals surface area contributed by atoms with Crippen molar-refractivity contribution < 1.29 is 18.0 Å². The lowest BCUT2D eigenvalue weighted by atomic mass is 9.95. The highest BCUT2D eigenvalue weighted by Crippen LogP contribution is 2.23. The summed E-state index contributed by atoms with van der Waals surface area (Å²) in [4.78, 5) is 27.2. The summed E-state index contributed by atoms with van der Waals surface area (Å²) in [6, 6.07) is 9.61. The van der Waals surface area contributed by atoms with E-state index in [-0.39, 0.29) is 29.7 Å². The van der Waals surface area contributed by atoms with Crippen molar-refractivity contribution in [2.45, 2.75) is 75.6 Å². The number of sulfonamides is 1. The highest BCUT2D eigenvalue weighted by atomic mass is 32.2. The van der Waals surface area contributed by atoms with E-state index in [0.717, 1.165) is 31.2 Å². The molecule has 1 aliphatic carbocycles. The van der Waals surface area contributed by atoms with Crippen molar-refractivity contribution in [1.29, 1.82) is 0 Å². The molecule has 0 spiro atoms. The fourth-order valence-corrected chi connectivity index (χ4v) is 6.89. The van der Waals surface area contributed by atoms with E-state index in [1.165, 1.54) is 23.6 Å². The van der Waals surface area contributed by atoms with Gasteiger partial charge in [0.05, 0.1) is 5.75 Å². The third-order valence-corrected chi connectivity index (χ3v) is 9.32. The zero-order valence-electron chi connectivity index (χ0n) is 20.0. The van der Waals surface area contributed by atoms with Gasteiger partial charge in [0, 0.05) is 44.2 Å². The van der Waals surface area contributed by atoms with Gasteiger partial charge in [0.15, 0.2) is 0 Å². The van der Waals surface area contributed by atoms with Crippen LogP contribution >= 0.6 is 0 Å². The minimum absolute atomic E-state index is 0.00238. The quantitative estimate of drug-likeness (QED) is 0.641. The molecule has 0 aromatic heterocycles. The van der Waals surface area contributed by atoms with E-state index >= 15 is 0 Å². The number of likely N-dealkylation sites (tertiary alicyclic amines) is 1. The molecule has 2 heterocycles. The van der Waals surface area contributed by atoms with Crippen LogP contribution < -0.4 is 10.6 Å². The molecule has 1 saturated carbocycles. The fraction of sp³-hybridized carbons (Fsp3) is 0.680. The van der Waals surface area contributed by atoms with Crippen LogP contribution in [-0.2, 0) is 20.6 Å². The van der Waals surface area contributed by atoms with Crippen molar-refractivity contribution in [3.05, 3.63) is 35.9 Å². The maximum Gasteiger partial charge on any atom is 0.317 e. The molecule has 3 aliphatic rings. The average molecular weight is 491 g/mol. The molecule has 188 valence electrons. The van der Waals surface area contributed by atoms with Gasteiger partial charge in [0.2, 0.25) is 15.9 Å². The molecule has 2 aliphatic heterocycles. The largest absolute Gasteiger partial charge is 0.353 e. The lowest BCUT2D eigenvalue weighted by molar-refractivity contribution is -0.127. The van der Waals surface area contributed by atoms with Crippen molar-refractivity contribution in [3.8, 4) is 0 Å². The van der Waals surface area contributed by atoms with E-state index in [1.807, 2.05) is 35.2 Å². The number of nitrogens with zero attached hydrogens (tertiary/aromatic N) is 2. The Morgan fingerprint density at radius 3 is 2.06 bits per heavy atom. The van der Waals surface area contributed by atoms with Gasteiger partial charge in [-0.05, 0) is 44.1 Å². The van der Waals surface area contributed by atoms with Crippen LogP contribution in [0.15, 0.2) is 30.3 Å². The average Bonchev–Trinajstić information content (AvgIpc) is 2.85. The number of carbonyl (C=O) groups excluding carboxylic acids is 2. The Hall–Kier alpha value is -2.13. The highest BCUT2D eigenvalue weighted by molar-refractivity contribution is 7.88. The van der Waals surface area contributed by atoms with Crippen LogP contribution in [0.25, 0.3) is 0 Å². The first-order valence-corrected chi connectivity index (χ1v) is 14.4. The van der Waals surface area contributed by atoms with Crippen molar-refractivity contribution in [1.82, 2.24) is 19.8 Å². The van der Waals surface area contributed by atoms with Gasteiger partial charge in [-0.15, -0.1) is 0 Å². The van der Waals surface area contributed by atoms with E-state index in [9.17, 15) is 18.0 Å². The number of rotatable bonds is 6. The first kappa shape index (κ1) is 25.0. The molecule has 8 nitrogen and oxygen atoms in total.